The van der Waals surface area contributed by atoms with Crippen LogP contribution in [0, 0.1) is 11.7 Å². The zero-order chi connectivity index (χ0) is 28.8. The number of carbonyl (C=O) groups excluding carboxylic acids is 1. The molecule has 40 heavy (non-hydrogen) atoms. The molecule has 4 heterocycles. The lowest BCUT2D eigenvalue weighted by Gasteiger charge is -2.31. The molecule has 5 rings (SSSR count). The van der Waals surface area contributed by atoms with E-state index in [1.165, 1.54) is 37.5 Å². The van der Waals surface area contributed by atoms with Gasteiger partial charge in [0, 0.05) is 48.5 Å². The molecule has 214 valence electrons. The maximum atomic E-state index is 15.4. The van der Waals surface area contributed by atoms with Crippen LogP contribution in [0.5, 0.6) is 0 Å². The van der Waals surface area contributed by atoms with Crippen molar-refractivity contribution < 1.29 is 32.6 Å². The van der Waals surface area contributed by atoms with Crippen molar-refractivity contribution in [3.63, 3.8) is 0 Å². The number of aromatic nitrogens is 1. The van der Waals surface area contributed by atoms with Gasteiger partial charge in [-0.15, -0.1) is 11.3 Å². The van der Waals surface area contributed by atoms with Gasteiger partial charge in [-0.3, -0.25) is 19.6 Å². The van der Waals surface area contributed by atoms with E-state index >= 15 is 8.78 Å². The number of rotatable bonds is 8. The van der Waals surface area contributed by atoms with E-state index < -0.39 is 54.3 Å². The van der Waals surface area contributed by atoms with Gasteiger partial charge in [0.2, 0.25) is 0 Å². The first kappa shape index (κ1) is 28.5. The van der Waals surface area contributed by atoms with Gasteiger partial charge in [-0.25, -0.2) is 22.9 Å². The third-order valence-electron chi connectivity index (χ3n) is 7.52. The molecule has 14 heteroatoms. The van der Waals surface area contributed by atoms with Crippen LogP contribution in [-0.2, 0) is 14.3 Å². The number of esters is 1. The summed E-state index contributed by atoms with van der Waals surface area (Å²) in [7, 11) is 1.19. The van der Waals surface area contributed by atoms with E-state index in [-0.39, 0.29) is 40.8 Å². The predicted octanol–water partition coefficient (Wildman–Crippen LogP) is 3.57. The standard InChI is InChI=1S/C26H27ClF3N5O4S/c1-13(24(36)37)10-34-8-6-17-21(34)26(29,30)12-35(17)11-16-18(25(38)39-2)20(14-4-3-5-15(28)19(14)27)33-22(32-16)23-31-7-9-40-23/h3-5,7,9,13,17,20-21H,6,8,10-12H2,1-2H3,(H,32,33)(H,36,37)/t13?,17-,20?,21+/m0/s1. The van der Waals surface area contributed by atoms with E-state index in [2.05, 4.69) is 15.3 Å². The first-order valence-corrected chi connectivity index (χ1v) is 13.9. The number of alkyl halides is 2. The minimum atomic E-state index is -3.11. The van der Waals surface area contributed by atoms with Crippen molar-refractivity contribution in [1.29, 1.82) is 0 Å². The van der Waals surface area contributed by atoms with Crippen LogP contribution in [0.1, 0.15) is 30.0 Å². The lowest BCUT2D eigenvalue weighted by atomic mass is 9.95. The van der Waals surface area contributed by atoms with Gasteiger partial charge < -0.3 is 15.2 Å². The number of amidine groups is 1. The number of aliphatic carboxylic acids is 1. The number of carboxylic acids is 1. The molecule has 1 aromatic heterocycles. The van der Waals surface area contributed by atoms with Crippen molar-refractivity contribution in [3.05, 3.63) is 62.5 Å². The van der Waals surface area contributed by atoms with Crippen molar-refractivity contribution in [2.45, 2.75) is 37.4 Å². The molecule has 1 aromatic carbocycles. The van der Waals surface area contributed by atoms with Gasteiger partial charge in [-0.05, 0) is 12.5 Å². The lowest BCUT2D eigenvalue weighted by Crippen LogP contribution is -2.47. The molecule has 2 fully saturated rings. The Hall–Kier alpha value is -3.00. The largest absolute Gasteiger partial charge is 0.481 e. The van der Waals surface area contributed by atoms with Gasteiger partial charge >= 0.3 is 11.9 Å². The number of hydrogen-bond donors (Lipinski definition) is 2. The van der Waals surface area contributed by atoms with Crippen LogP contribution in [0.4, 0.5) is 13.2 Å². The first-order valence-electron chi connectivity index (χ1n) is 12.6. The molecule has 9 nitrogen and oxygen atoms in total. The van der Waals surface area contributed by atoms with Crippen LogP contribution in [0.25, 0.3) is 0 Å². The van der Waals surface area contributed by atoms with Crippen molar-refractivity contribution in [3.8, 4) is 0 Å². The van der Waals surface area contributed by atoms with Crippen LogP contribution >= 0.6 is 22.9 Å². The number of methoxy groups -OCH3 is 1. The first-order chi connectivity index (χ1) is 19.0. The number of carbonyl (C=O) groups is 2. The van der Waals surface area contributed by atoms with E-state index in [0.717, 1.165) is 0 Å². The van der Waals surface area contributed by atoms with Crippen molar-refractivity contribution in [1.82, 2.24) is 20.1 Å². The summed E-state index contributed by atoms with van der Waals surface area (Å²) in [5, 5.41) is 14.4. The Kier molecular flexibility index (Phi) is 7.92. The Bertz CT molecular complexity index is 1370. The van der Waals surface area contributed by atoms with Crippen LogP contribution < -0.4 is 5.32 Å². The summed E-state index contributed by atoms with van der Waals surface area (Å²) in [6.07, 6.45) is 1.98. The van der Waals surface area contributed by atoms with Gasteiger partial charge in [0.15, 0.2) is 10.8 Å². The molecule has 0 saturated carbocycles. The van der Waals surface area contributed by atoms with Crippen LogP contribution in [-0.4, -0.2) is 89.0 Å². The summed E-state index contributed by atoms with van der Waals surface area (Å²) < 4.78 is 50.4. The van der Waals surface area contributed by atoms with E-state index in [4.69, 9.17) is 16.3 Å². The second-order valence-electron chi connectivity index (χ2n) is 10.1. The maximum absolute atomic E-state index is 15.4. The summed E-state index contributed by atoms with van der Waals surface area (Å²) in [6.45, 7) is 1.15. The summed E-state index contributed by atoms with van der Waals surface area (Å²) in [5.41, 5.74) is 0.511. The van der Waals surface area contributed by atoms with E-state index in [1.807, 2.05) is 0 Å². The van der Waals surface area contributed by atoms with E-state index in [0.29, 0.717) is 18.0 Å². The second kappa shape index (κ2) is 11.1. The molecule has 0 amide bonds. The van der Waals surface area contributed by atoms with Gasteiger partial charge in [-0.2, -0.15) is 0 Å². The molecule has 2 unspecified atom stereocenters. The van der Waals surface area contributed by atoms with Gasteiger partial charge in [0.05, 0.1) is 36.2 Å². The average molecular weight is 598 g/mol. The fraction of sp³-hybridized carbons (Fsp3) is 0.462. The number of aliphatic imine (C=N–C) groups is 1. The molecular formula is C26H27ClF3N5O4S. The Labute approximate surface area is 237 Å². The van der Waals surface area contributed by atoms with E-state index in [1.54, 1.807) is 27.4 Å². The molecule has 0 aliphatic carbocycles. The number of ether oxygens (including phenoxy) is 1. The highest BCUT2D eigenvalue weighted by Gasteiger charge is 2.59. The number of likely N-dealkylation sites (tertiary alicyclic amines) is 2. The molecule has 0 bridgehead atoms. The number of benzene rings is 1. The monoisotopic (exact) mass is 597 g/mol. The molecule has 0 radical (unpaired) electrons. The highest BCUT2D eigenvalue weighted by Crippen LogP contribution is 2.43. The lowest BCUT2D eigenvalue weighted by molar-refractivity contribution is -0.142. The molecule has 4 atom stereocenters. The number of hydrogen-bond acceptors (Lipinski definition) is 9. The number of thiazole rings is 1. The Morgan fingerprint density at radius 2 is 2.12 bits per heavy atom. The summed E-state index contributed by atoms with van der Waals surface area (Å²) in [6, 6.07) is 1.35. The van der Waals surface area contributed by atoms with Crippen molar-refractivity contribution in [2.24, 2.45) is 10.9 Å². The van der Waals surface area contributed by atoms with Gasteiger partial charge in [-0.1, -0.05) is 30.7 Å². The van der Waals surface area contributed by atoms with Crippen LogP contribution in [0.15, 0.2) is 46.0 Å². The smallest absolute Gasteiger partial charge is 0.338 e. The maximum Gasteiger partial charge on any atom is 0.338 e. The summed E-state index contributed by atoms with van der Waals surface area (Å²) >= 11 is 7.59. The minimum Gasteiger partial charge on any atom is -0.481 e. The Morgan fingerprint density at radius 3 is 2.80 bits per heavy atom. The predicted molar refractivity (Wildman–Crippen MR) is 142 cm³/mol. The Morgan fingerprint density at radius 1 is 1.35 bits per heavy atom. The highest BCUT2D eigenvalue weighted by molar-refractivity contribution is 7.11. The van der Waals surface area contributed by atoms with E-state index in [9.17, 15) is 19.1 Å². The van der Waals surface area contributed by atoms with Gasteiger partial charge in [0.1, 0.15) is 11.9 Å². The second-order valence-corrected chi connectivity index (χ2v) is 11.3. The summed E-state index contributed by atoms with van der Waals surface area (Å²) in [4.78, 5) is 36.6. The minimum absolute atomic E-state index is 0.00921. The van der Waals surface area contributed by atoms with Gasteiger partial charge in [0.25, 0.3) is 5.92 Å². The van der Waals surface area contributed by atoms with Crippen LogP contribution in [0.2, 0.25) is 5.02 Å². The van der Waals surface area contributed by atoms with Crippen LogP contribution in [0.3, 0.4) is 0 Å². The number of nitrogens with zero attached hydrogens (tertiary/aromatic N) is 4. The zero-order valence-corrected chi connectivity index (χ0v) is 23.2. The third kappa shape index (κ3) is 5.22. The van der Waals surface area contributed by atoms with Crippen molar-refractivity contribution in [2.75, 3.05) is 33.3 Å². The fourth-order valence-electron chi connectivity index (χ4n) is 5.74. The normalized spacial score (nSPS) is 25.4. The number of fused-ring (bicyclic) bond motifs is 1. The molecular weight excluding hydrogens is 571 g/mol. The Balaban J connectivity index is 1.53. The molecule has 2 saturated heterocycles. The number of nitrogens with one attached hydrogen (secondary N) is 1. The highest BCUT2D eigenvalue weighted by atomic mass is 35.5. The zero-order valence-electron chi connectivity index (χ0n) is 21.6. The molecule has 0 spiro atoms. The topological polar surface area (TPSA) is 107 Å². The molecule has 2 aromatic rings. The quantitative estimate of drug-likeness (QED) is 0.445. The molecule has 2 N–H and O–H groups in total. The number of carboxylic acid groups (broad SMARTS) is 1. The number of halogens is 4. The third-order valence-corrected chi connectivity index (χ3v) is 8.70. The molecule has 3 aliphatic rings. The summed E-state index contributed by atoms with van der Waals surface area (Å²) in [5.74, 6) is -6.13. The SMILES string of the molecule is COC(=O)C1=C(CN2CC(F)(F)[C@H]3[C@@H]2CCN3CC(C)C(=O)O)NC(c2nccs2)=NC1c1cccc(F)c1Cl. The average Bonchev–Trinajstić information content (AvgIpc) is 3.64. The van der Waals surface area contributed by atoms with Crippen molar-refractivity contribution >= 4 is 40.7 Å². The molecule has 3 aliphatic heterocycles. The fourth-order valence-corrected chi connectivity index (χ4v) is 6.56.